The molecule has 0 spiro atoms. The van der Waals surface area contributed by atoms with Gasteiger partial charge in [-0.15, -0.1) is 0 Å². The fraction of sp³-hybridized carbons (Fsp3) is 0.333. The van der Waals surface area contributed by atoms with Gasteiger partial charge in [-0.3, -0.25) is 0 Å². The van der Waals surface area contributed by atoms with Crippen LogP contribution in [0.4, 0.5) is 0 Å². The second kappa shape index (κ2) is 5.12. The molecule has 1 aromatic carbocycles. The molecule has 0 saturated carbocycles. The summed E-state index contributed by atoms with van der Waals surface area (Å²) in [6, 6.07) is 5.25. The van der Waals surface area contributed by atoms with Crippen molar-refractivity contribution in [3.05, 3.63) is 40.7 Å². The normalized spacial score (nSPS) is 13.0. The molecular weight excluding hydrogens is 272 g/mol. The highest BCUT2D eigenvalue weighted by atomic mass is 16.5. The Morgan fingerprint density at radius 1 is 1.24 bits per heavy atom. The van der Waals surface area contributed by atoms with Crippen LogP contribution in [0.1, 0.15) is 17.8 Å². The van der Waals surface area contributed by atoms with E-state index in [2.05, 4.69) is 0 Å². The second-order valence-corrected chi connectivity index (χ2v) is 4.97. The summed E-state index contributed by atoms with van der Waals surface area (Å²) in [7, 11) is 3.11. The summed E-state index contributed by atoms with van der Waals surface area (Å²) >= 11 is 0. The van der Waals surface area contributed by atoms with Crippen molar-refractivity contribution < 1.29 is 19.1 Å². The lowest BCUT2D eigenvalue weighted by atomic mass is 10.1. The molecule has 1 N–H and O–H groups in total. The van der Waals surface area contributed by atoms with Gasteiger partial charge in [0.25, 0.3) is 11.9 Å². The van der Waals surface area contributed by atoms with E-state index in [-0.39, 0.29) is 0 Å². The lowest BCUT2D eigenvalue weighted by molar-refractivity contribution is -0.505. The van der Waals surface area contributed by atoms with Gasteiger partial charge in [-0.2, -0.15) is 4.73 Å². The molecule has 0 radical (unpaired) electrons. The third-order valence-corrected chi connectivity index (χ3v) is 3.83. The Bertz CT molecular complexity index is 752. The Morgan fingerprint density at radius 3 is 2.76 bits per heavy atom. The summed E-state index contributed by atoms with van der Waals surface area (Å²) in [5.74, 6) is 1.19. The molecular formula is C15H17N2O4+. The maximum atomic E-state index is 12.1. The van der Waals surface area contributed by atoms with Crippen LogP contribution in [0.3, 0.4) is 0 Å². The van der Waals surface area contributed by atoms with E-state index in [0.717, 1.165) is 15.6 Å². The van der Waals surface area contributed by atoms with E-state index in [4.69, 9.17) is 9.47 Å². The maximum absolute atomic E-state index is 12.1. The molecule has 6 heteroatoms. The van der Waals surface area contributed by atoms with Crippen molar-refractivity contribution in [2.24, 2.45) is 0 Å². The first-order valence-corrected chi connectivity index (χ1v) is 6.77. The van der Waals surface area contributed by atoms with E-state index >= 15 is 0 Å². The largest absolute Gasteiger partial charge is 0.497 e. The predicted molar refractivity (Wildman–Crippen MR) is 75.5 cm³/mol. The molecule has 0 unspecified atom stereocenters. The highest BCUT2D eigenvalue weighted by Crippen LogP contribution is 2.33. The van der Waals surface area contributed by atoms with Crippen molar-refractivity contribution in [1.82, 2.24) is 4.73 Å². The monoisotopic (exact) mass is 289 g/mol. The van der Waals surface area contributed by atoms with E-state index in [1.165, 1.54) is 6.20 Å². The molecule has 1 aliphatic carbocycles. The number of methoxy groups -OCH3 is 2. The molecule has 3 rings (SSSR count). The van der Waals surface area contributed by atoms with Crippen molar-refractivity contribution >= 4 is 0 Å². The van der Waals surface area contributed by atoms with Crippen LogP contribution in [0.25, 0.3) is 11.3 Å². The first-order valence-electron chi connectivity index (χ1n) is 6.77. The minimum Gasteiger partial charge on any atom is -0.497 e. The Labute approximate surface area is 121 Å². The van der Waals surface area contributed by atoms with Crippen molar-refractivity contribution in [2.75, 3.05) is 14.2 Å². The Morgan fingerprint density at radius 2 is 2.05 bits per heavy atom. The van der Waals surface area contributed by atoms with Gasteiger partial charge in [-0.05, 0) is 25.0 Å². The van der Waals surface area contributed by atoms with Crippen LogP contribution in [0.2, 0.25) is 0 Å². The highest BCUT2D eigenvalue weighted by molar-refractivity contribution is 5.68. The SMILES string of the molecule is COc1ccc(-c2c[n+](=O)c3c(n2O)CCC3)c(OC)c1. The first-order chi connectivity index (χ1) is 10.2. The van der Waals surface area contributed by atoms with E-state index in [0.29, 0.717) is 47.0 Å². The quantitative estimate of drug-likeness (QED) is 0.691. The molecule has 0 atom stereocenters. The Balaban J connectivity index is 2.22. The van der Waals surface area contributed by atoms with Crippen LogP contribution >= 0.6 is 0 Å². The molecule has 0 saturated heterocycles. The summed E-state index contributed by atoms with van der Waals surface area (Å²) < 4.78 is 12.4. The van der Waals surface area contributed by atoms with Gasteiger partial charge in [-0.1, -0.05) is 0 Å². The Kier molecular flexibility index (Phi) is 3.29. The summed E-state index contributed by atoms with van der Waals surface area (Å²) in [4.78, 5) is 12.1. The number of benzene rings is 1. The number of fused-ring (bicyclic) bond motifs is 1. The van der Waals surface area contributed by atoms with Crippen LogP contribution in [0.5, 0.6) is 11.5 Å². The van der Waals surface area contributed by atoms with Gasteiger partial charge in [-0.25, -0.2) is 0 Å². The van der Waals surface area contributed by atoms with Crippen LogP contribution in [0, 0.1) is 4.91 Å². The van der Waals surface area contributed by atoms with Crippen LogP contribution in [0.15, 0.2) is 24.4 Å². The lowest BCUT2D eigenvalue weighted by Crippen LogP contribution is -2.25. The third kappa shape index (κ3) is 2.12. The average Bonchev–Trinajstić information content (AvgIpc) is 3.00. The summed E-state index contributed by atoms with van der Waals surface area (Å²) in [5.41, 5.74) is 2.35. The van der Waals surface area contributed by atoms with Gasteiger partial charge < -0.3 is 14.7 Å². The zero-order valence-corrected chi connectivity index (χ0v) is 12.0. The van der Waals surface area contributed by atoms with E-state index < -0.39 is 0 Å². The number of nitrogens with zero attached hydrogens (tertiary/aromatic N) is 2. The summed E-state index contributed by atoms with van der Waals surface area (Å²) in [6.45, 7) is 0. The molecule has 6 nitrogen and oxygen atoms in total. The highest BCUT2D eigenvalue weighted by Gasteiger charge is 2.28. The molecule has 0 amide bonds. The standard InChI is InChI=1S/C15H17N2O4/c1-20-10-6-7-11(15(8-10)21-2)14-9-16(18)12-4-3-5-13(12)17(14)19/h6-9,19H,3-5H2,1-2H3/q+1. The number of hydrogen-bond donors (Lipinski definition) is 1. The lowest BCUT2D eigenvalue weighted by Gasteiger charge is -2.12. The molecule has 2 aromatic rings. The number of hydrogen-bond acceptors (Lipinski definition) is 4. The minimum absolute atomic E-state index is 0.408. The molecule has 1 aliphatic rings. The van der Waals surface area contributed by atoms with Gasteiger partial charge in [0.15, 0.2) is 5.69 Å². The molecule has 110 valence electrons. The van der Waals surface area contributed by atoms with E-state index in [9.17, 15) is 10.1 Å². The van der Waals surface area contributed by atoms with E-state index in [1.54, 1.807) is 32.4 Å². The summed E-state index contributed by atoms with van der Waals surface area (Å²) in [5, 5.41) is 10.4. The zero-order chi connectivity index (χ0) is 15.0. The van der Waals surface area contributed by atoms with Crippen molar-refractivity contribution in [3.63, 3.8) is 0 Å². The second-order valence-electron chi connectivity index (χ2n) is 4.97. The van der Waals surface area contributed by atoms with Gasteiger partial charge in [0.05, 0.1) is 24.2 Å². The molecule has 1 heterocycles. The van der Waals surface area contributed by atoms with Crippen LogP contribution in [-0.2, 0) is 12.8 Å². The van der Waals surface area contributed by atoms with Gasteiger partial charge in [0.2, 0.25) is 0 Å². The van der Waals surface area contributed by atoms with Crippen LogP contribution < -0.4 is 13.9 Å². The Hall–Kier alpha value is -2.50. The zero-order valence-electron chi connectivity index (χ0n) is 12.0. The van der Waals surface area contributed by atoms with Gasteiger partial charge in [0.1, 0.15) is 17.2 Å². The maximum Gasteiger partial charge on any atom is 0.262 e. The van der Waals surface area contributed by atoms with Crippen LogP contribution in [-0.4, -0.2) is 24.2 Å². The molecule has 21 heavy (non-hydrogen) atoms. The number of rotatable bonds is 3. The van der Waals surface area contributed by atoms with Crippen molar-refractivity contribution in [1.29, 1.82) is 0 Å². The minimum atomic E-state index is 0.408. The van der Waals surface area contributed by atoms with E-state index in [1.807, 2.05) is 0 Å². The molecule has 0 fully saturated rings. The molecule has 0 aliphatic heterocycles. The fourth-order valence-corrected chi connectivity index (χ4v) is 2.76. The molecule has 1 aromatic heterocycles. The number of aromatic nitrogens is 2. The predicted octanol–water partition coefficient (Wildman–Crippen LogP) is 1.81. The van der Waals surface area contributed by atoms with Crippen molar-refractivity contribution in [3.8, 4) is 22.8 Å². The smallest absolute Gasteiger partial charge is 0.262 e. The van der Waals surface area contributed by atoms with Gasteiger partial charge in [0, 0.05) is 17.4 Å². The average molecular weight is 289 g/mol. The molecule has 0 bridgehead atoms. The topological polar surface area (TPSA) is 66.6 Å². The number of ether oxygens (including phenoxy) is 2. The fourth-order valence-electron chi connectivity index (χ4n) is 2.76. The first kappa shape index (κ1) is 13.5. The third-order valence-electron chi connectivity index (χ3n) is 3.83. The van der Waals surface area contributed by atoms with Crippen molar-refractivity contribution in [2.45, 2.75) is 19.3 Å². The summed E-state index contributed by atoms with van der Waals surface area (Å²) in [6.07, 6.45) is 3.65. The van der Waals surface area contributed by atoms with Gasteiger partial charge >= 0.3 is 0 Å².